The number of halogens is 6. The molecule has 0 unspecified atom stereocenters. The van der Waals surface area contributed by atoms with Crippen molar-refractivity contribution in [1.82, 2.24) is 0 Å². The Bertz CT molecular complexity index is 1330. The SMILES string of the molecule is Cc1c(F)cc(-c2ccc(OC(F)(F)C3CCC(c4ccc(C5CCC(C)CC5)cc4F)CC3)cc2F)cc1F. The van der Waals surface area contributed by atoms with Gasteiger partial charge in [-0.15, -0.1) is 0 Å². The minimum Gasteiger partial charge on any atom is -0.432 e. The van der Waals surface area contributed by atoms with Crippen LogP contribution in [0.4, 0.5) is 26.3 Å². The highest BCUT2D eigenvalue weighted by molar-refractivity contribution is 5.65. The lowest BCUT2D eigenvalue weighted by molar-refractivity contribution is -0.222. The lowest BCUT2D eigenvalue weighted by Gasteiger charge is -2.34. The number of benzene rings is 3. The van der Waals surface area contributed by atoms with Crippen molar-refractivity contribution in [2.75, 3.05) is 0 Å². The summed E-state index contributed by atoms with van der Waals surface area (Å²) in [7, 11) is 0. The van der Waals surface area contributed by atoms with Crippen LogP contribution in [0.15, 0.2) is 48.5 Å². The molecule has 1 nitrogen and oxygen atoms in total. The van der Waals surface area contributed by atoms with Crippen LogP contribution in [0.5, 0.6) is 5.75 Å². The second-order valence-electron chi connectivity index (χ2n) is 11.7. The van der Waals surface area contributed by atoms with E-state index < -0.39 is 29.5 Å². The summed E-state index contributed by atoms with van der Waals surface area (Å²) in [5.41, 5.74) is 1.26. The molecule has 2 aliphatic rings. The first-order chi connectivity index (χ1) is 19.0. The van der Waals surface area contributed by atoms with E-state index in [0.29, 0.717) is 30.2 Å². The Morgan fingerprint density at radius 3 is 1.90 bits per heavy atom. The summed E-state index contributed by atoms with van der Waals surface area (Å²) < 4.78 is 92.8. The molecule has 0 aliphatic heterocycles. The summed E-state index contributed by atoms with van der Waals surface area (Å²) in [6.07, 6.45) is 1.96. The van der Waals surface area contributed by atoms with E-state index in [-0.39, 0.29) is 47.0 Å². The Balaban J connectivity index is 1.21. The van der Waals surface area contributed by atoms with Gasteiger partial charge in [-0.3, -0.25) is 0 Å². The number of rotatable bonds is 6. The molecule has 7 heteroatoms. The lowest BCUT2D eigenvalue weighted by atomic mass is 9.76. The molecule has 0 amide bonds. The first-order valence-corrected chi connectivity index (χ1v) is 14.1. The van der Waals surface area contributed by atoms with Crippen molar-refractivity contribution in [2.24, 2.45) is 11.8 Å². The van der Waals surface area contributed by atoms with Gasteiger partial charge in [-0.2, -0.15) is 8.78 Å². The van der Waals surface area contributed by atoms with Crippen molar-refractivity contribution in [1.29, 1.82) is 0 Å². The van der Waals surface area contributed by atoms with E-state index in [0.717, 1.165) is 55.5 Å². The van der Waals surface area contributed by atoms with Gasteiger partial charge in [0, 0.05) is 17.2 Å². The highest BCUT2D eigenvalue weighted by Gasteiger charge is 2.44. The number of alkyl halides is 2. The topological polar surface area (TPSA) is 9.23 Å². The van der Waals surface area contributed by atoms with E-state index in [1.807, 2.05) is 12.1 Å². The molecule has 2 aliphatic carbocycles. The molecule has 3 aromatic carbocycles. The van der Waals surface area contributed by atoms with Crippen molar-refractivity contribution in [3.8, 4) is 16.9 Å². The van der Waals surface area contributed by atoms with Gasteiger partial charge < -0.3 is 4.74 Å². The number of hydrogen-bond donors (Lipinski definition) is 0. The molecular weight excluding hydrogens is 526 g/mol. The second kappa shape index (κ2) is 11.5. The highest BCUT2D eigenvalue weighted by Crippen LogP contribution is 2.45. The summed E-state index contributed by atoms with van der Waals surface area (Å²) >= 11 is 0. The fourth-order valence-electron chi connectivity index (χ4n) is 6.30. The lowest BCUT2D eigenvalue weighted by Crippen LogP contribution is -2.37. The molecule has 40 heavy (non-hydrogen) atoms. The van der Waals surface area contributed by atoms with Crippen LogP contribution in [0, 0.1) is 42.0 Å². The van der Waals surface area contributed by atoms with Crippen molar-refractivity contribution in [2.45, 2.75) is 83.2 Å². The van der Waals surface area contributed by atoms with Crippen LogP contribution < -0.4 is 4.74 Å². The van der Waals surface area contributed by atoms with Crippen LogP contribution in [0.25, 0.3) is 11.1 Å². The molecule has 0 radical (unpaired) electrons. The van der Waals surface area contributed by atoms with Crippen LogP contribution in [0.3, 0.4) is 0 Å². The molecule has 3 aromatic rings. The molecular formula is C33H34F6O. The van der Waals surface area contributed by atoms with Crippen LogP contribution >= 0.6 is 0 Å². The van der Waals surface area contributed by atoms with Crippen molar-refractivity contribution in [3.05, 3.63) is 88.5 Å². The van der Waals surface area contributed by atoms with E-state index in [9.17, 15) is 13.2 Å². The number of hydrogen-bond acceptors (Lipinski definition) is 1. The number of ether oxygens (including phenoxy) is 1. The average Bonchev–Trinajstić information content (AvgIpc) is 2.92. The predicted octanol–water partition coefficient (Wildman–Crippen LogP) is 10.5. The third-order valence-corrected chi connectivity index (χ3v) is 8.94. The molecule has 0 bridgehead atoms. The Morgan fingerprint density at radius 1 is 0.675 bits per heavy atom. The Hall–Kier alpha value is -2.96. The predicted molar refractivity (Wildman–Crippen MR) is 144 cm³/mol. The van der Waals surface area contributed by atoms with Gasteiger partial charge in [-0.05, 0) is 110 Å². The fraction of sp³-hybridized carbons (Fsp3) is 0.455. The zero-order chi connectivity index (χ0) is 28.6. The van der Waals surface area contributed by atoms with Gasteiger partial charge in [0.2, 0.25) is 0 Å². The van der Waals surface area contributed by atoms with Crippen molar-refractivity contribution >= 4 is 0 Å². The van der Waals surface area contributed by atoms with Gasteiger partial charge in [0.1, 0.15) is 29.0 Å². The van der Waals surface area contributed by atoms with Crippen LogP contribution in [0.2, 0.25) is 0 Å². The molecule has 0 spiro atoms. The third kappa shape index (κ3) is 6.03. The maximum atomic E-state index is 15.1. The Labute approximate surface area is 231 Å². The maximum absolute atomic E-state index is 15.1. The van der Waals surface area contributed by atoms with E-state index in [2.05, 4.69) is 6.92 Å². The molecule has 0 aromatic heterocycles. The maximum Gasteiger partial charge on any atom is 0.400 e. The zero-order valence-corrected chi connectivity index (χ0v) is 22.8. The Kier molecular flexibility index (Phi) is 8.21. The molecule has 0 heterocycles. The van der Waals surface area contributed by atoms with Gasteiger partial charge in [-0.25, -0.2) is 17.6 Å². The minimum atomic E-state index is -3.55. The molecule has 0 saturated heterocycles. The quantitative estimate of drug-likeness (QED) is 0.273. The van der Waals surface area contributed by atoms with Gasteiger partial charge in [0.05, 0.1) is 5.92 Å². The van der Waals surface area contributed by atoms with Crippen LogP contribution in [0.1, 0.15) is 86.8 Å². The molecule has 2 fully saturated rings. The summed E-state index contributed by atoms with van der Waals surface area (Å²) in [6, 6.07) is 10.6. The molecule has 2 saturated carbocycles. The van der Waals surface area contributed by atoms with E-state index in [4.69, 9.17) is 4.74 Å². The summed E-state index contributed by atoms with van der Waals surface area (Å²) in [5, 5.41) is 0. The first kappa shape index (κ1) is 28.6. The second-order valence-corrected chi connectivity index (χ2v) is 11.7. The van der Waals surface area contributed by atoms with Crippen LogP contribution in [-0.4, -0.2) is 6.11 Å². The Morgan fingerprint density at radius 2 is 1.30 bits per heavy atom. The average molecular weight is 561 g/mol. The van der Waals surface area contributed by atoms with Gasteiger partial charge >= 0.3 is 6.11 Å². The largest absolute Gasteiger partial charge is 0.432 e. The van der Waals surface area contributed by atoms with Crippen LogP contribution in [-0.2, 0) is 0 Å². The van der Waals surface area contributed by atoms with E-state index in [1.54, 1.807) is 6.07 Å². The minimum absolute atomic E-state index is 0.0386. The highest BCUT2D eigenvalue weighted by atomic mass is 19.3. The normalized spacial score (nSPS) is 23.7. The van der Waals surface area contributed by atoms with Gasteiger partial charge in [0.15, 0.2) is 0 Å². The monoisotopic (exact) mass is 560 g/mol. The van der Waals surface area contributed by atoms with Crippen molar-refractivity contribution < 1.29 is 31.1 Å². The van der Waals surface area contributed by atoms with Crippen molar-refractivity contribution in [3.63, 3.8) is 0 Å². The van der Waals surface area contributed by atoms with E-state index >= 15 is 13.2 Å². The summed E-state index contributed by atoms with van der Waals surface area (Å²) in [6.45, 7) is 3.51. The standard InChI is InChI=1S/C33H34F6O/c1-19-3-5-21(6-4-19)23-9-13-27(31(36)15-23)22-7-10-25(11-8-22)33(38,39)40-26-12-14-28(32(37)18-26)24-16-29(34)20(2)30(35)17-24/h9,12-19,21-22,25H,3-8,10-11H2,1-2H3. The molecule has 214 valence electrons. The smallest absolute Gasteiger partial charge is 0.400 e. The molecule has 0 N–H and O–H groups in total. The first-order valence-electron chi connectivity index (χ1n) is 14.1. The summed E-state index contributed by atoms with van der Waals surface area (Å²) in [4.78, 5) is 0. The zero-order valence-electron chi connectivity index (χ0n) is 22.8. The molecule has 5 rings (SSSR count). The summed E-state index contributed by atoms with van der Waals surface area (Å²) in [5.74, 6) is -3.36. The fourth-order valence-corrected chi connectivity index (χ4v) is 6.30. The third-order valence-electron chi connectivity index (χ3n) is 8.94. The van der Waals surface area contributed by atoms with Gasteiger partial charge in [0.25, 0.3) is 0 Å². The van der Waals surface area contributed by atoms with E-state index in [1.165, 1.54) is 13.0 Å². The molecule has 0 atom stereocenters. The van der Waals surface area contributed by atoms with Gasteiger partial charge in [-0.1, -0.05) is 31.9 Å².